The van der Waals surface area contributed by atoms with Crippen LogP contribution in [0.5, 0.6) is 0 Å². The molecule has 0 radical (unpaired) electrons. The lowest BCUT2D eigenvalue weighted by Gasteiger charge is -2.23. The molecule has 0 aliphatic rings. The van der Waals surface area contributed by atoms with E-state index in [1.54, 1.807) is 12.1 Å². The van der Waals surface area contributed by atoms with Gasteiger partial charge in [0.25, 0.3) is 0 Å². The van der Waals surface area contributed by atoms with Crippen LogP contribution < -0.4 is 5.73 Å². The molecule has 4 heteroatoms. The van der Waals surface area contributed by atoms with Crippen LogP contribution in [0.2, 0.25) is 0 Å². The van der Waals surface area contributed by atoms with Gasteiger partial charge in [-0.25, -0.2) is 8.78 Å². The molecule has 16 heavy (non-hydrogen) atoms. The second kappa shape index (κ2) is 5.73. The largest absolute Gasteiger partial charge is 0.330 e. The van der Waals surface area contributed by atoms with E-state index in [1.807, 2.05) is 13.8 Å². The quantitative estimate of drug-likeness (QED) is 0.896. The molecule has 2 atom stereocenters. The number of halogens is 3. The molecule has 2 unspecified atom stereocenters. The molecule has 0 fully saturated rings. The average Bonchev–Trinajstić information content (AvgIpc) is 2.22. The normalized spacial score (nSPS) is 15.2. The minimum atomic E-state index is -1.36. The minimum Gasteiger partial charge on any atom is -0.330 e. The van der Waals surface area contributed by atoms with Crippen LogP contribution in [0, 0.1) is 17.7 Å². The molecule has 0 aromatic heterocycles. The summed E-state index contributed by atoms with van der Waals surface area (Å²) in [5, 5.41) is 0. The average molecular weight is 292 g/mol. The molecule has 1 nitrogen and oxygen atoms in total. The molecule has 2 N–H and O–H groups in total. The van der Waals surface area contributed by atoms with Crippen LogP contribution in [0.15, 0.2) is 22.7 Å². The highest BCUT2D eigenvalue weighted by atomic mass is 79.9. The maximum atomic E-state index is 14.2. The molecule has 0 heterocycles. The molecule has 0 saturated heterocycles. The zero-order chi connectivity index (χ0) is 12.3. The van der Waals surface area contributed by atoms with E-state index >= 15 is 0 Å². The van der Waals surface area contributed by atoms with Crippen LogP contribution >= 0.6 is 15.9 Å². The molecule has 90 valence electrons. The Bertz CT molecular complexity index is 355. The fraction of sp³-hybridized carbons (Fsp3) is 0.500. The molecule has 0 aliphatic carbocycles. The maximum Gasteiger partial charge on any atom is 0.143 e. The Kier molecular flexibility index (Phi) is 4.87. The number of hydrogen-bond acceptors (Lipinski definition) is 1. The fourth-order valence-electron chi connectivity index (χ4n) is 1.69. The molecule has 1 aromatic carbocycles. The summed E-state index contributed by atoms with van der Waals surface area (Å²) in [4.78, 5) is 0. The summed E-state index contributed by atoms with van der Waals surface area (Å²) in [6, 6.07) is 4.65. The van der Waals surface area contributed by atoms with Crippen LogP contribution in [0.3, 0.4) is 0 Å². The summed E-state index contributed by atoms with van der Waals surface area (Å²) in [6.45, 7) is 3.99. The molecule has 0 amide bonds. The summed E-state index contributed by atoms with van der Waals surface area (Å²) in [5.41, 5.74) is 5.61. The van der Waals surface area contributed by atoms with Crippen molar-refractivity contribution in [3.05, 3.63) is 34.1 Å². The fourth-order valence-corrected chi connectivity index (χ4v) is 2.08. The van der Waals surface area contributed by atoms with E-state index in [2.05, 4.69) is 15.9 Å². The van der Waals surface area contributed by atoms with Crippen molar-refractivity contribution in [1.29, 1.82) is 0 Å². The van der Waals surface area contributed by atoms with Gasteiger partial charge in [0.15, 0.2) is 0 Å². The van der Waals surface area contributed by atoms with Crippen molar-refractivity contribution in [2.24, 2.45) is 17.6 Å². The van der Waals surface area contributed by atoms with Crippen molar-refractivity contribution in [2.45, 2.75) is 20.0 Å². The number of alkyl halides is 1. The highest BCUT2D eigenvalue weighted by Crippen LogP contribution is 2.34. The van der Waals surface area contributed by atoms with Crippen molar-refractivity contribution in [3.8, 4) is 0 Å². The van der Waals surface area contributed by atoms with E-state index in [0.717, 1.165) is 0 Å². The van der Waals surface area contributed by atoms with E-state index in [-0.39, 0.29) is 28.4 Å². The topological polar surface area (TPSA) is 26.0 Å². The Balaban J connectivity index is 3.03. The molecule has 0 aliphatic heterocycles. The van der Waals surface area contributed by atoms with Crippen molar-refractivity contribution in [2.75, 3.05) is 6.54 Å². The van der Waals surface area contributed by atoms with E-state index in [1.165, 1.54) is 6.07 Å². The first kappa shape index (κ1) is 13.6. The summed E-state index contributed by atoms with van der Waals surface area (Å²) < 4.78 is 28.1. The van der Waals surface area contributed by atoms with Gasteiger partial charge < -0.3 is 5.73 Å². The van der Waals surface area contributed by atoms with E-state index < -0.39 is 12.0 Å². The number of nitrogens with two attached hydrogens (primary N) is 1. The summed E-state index contributed by atoms with van der Waals surface area (Å²) >= 11 is 3.05. The zero-order valence-electron chi connectivity index (χ0n) is 9.38. The highest BCUT2D eigenvalue weighted by molar-refractivity contribution is 9.10. The van der Waals surface area contributed by atoms with Crippen molar-refractivity contribution in [3.63, 3.8) is 0 Å². The third kappa shape index (κ3) is 2.80. The second-order valence-corrected chi connectivity index (χ2v) is 5.04. The first-order valence-electron chi connectivity index (χ1n) is 5.27. The zero-order valence-corrected chi connectivity index (χ0v) is 11.0. The van der Waals surface area contributed by atoms with Gasteiger partial charge in [-0.15, -0.1) is 0 Å². The predicted molar refractivity (Wildman–Crippen MR) is 65.3 cm³/mol. The molecule has 1 aromatic rings. The number of hydrogen-bond donors (Lipinski definition) is 1. The highest BCUT2D eigenvalue weighted by Gasteiger charge is 2.27. The van der Waals surface area contributed by atoms with Crippen molar-refractivity contribution >= 4 is 15.9 Å². The van der Waals surface area contributed by atoms with Gasteiger partial charge >= 0.3 is 0 Å². The van der Waals surface area contributed by atoms with Gasteiger partial charge in [0.1, 0.15) is 12.0 Å². The lowest BCUT2D eigenvalue weighted by molar-refractivity contribution is 0.184. The Hall–Kier alpha value is -0.480. The summed E-state index contributed by atoms with van der Waals surface area (Å²) in [6.07, 6.45) is -1.36. The molecule has 0 spiro atoms. The van der Waals surface area contributed by atoms with Crippen LogP contribution in [0.4, 0.5) is 8.78 Å². The van der Waals surface area contributed by atoms with Gasteiger partial charge in [0.2, 0.25) is 0 Å². The smallest absolute Gasteiger partial charge is 0.143 e. The monoisotopic (exact) mass is 291 g/mol. The standard InChI is InChI=1S/C12H16BrF2N/c1-7(2)9(6-16)11(14)8-4-3-5-10(13)12(8)15/h3-5,7,9,11H,6,16H2,1-2H3. The molecule has 0 bridgehead atoms. The predicted octanol–water partition coefficient (Wildman–Crippen LogP) is 3.83. The van der Waals surface area contributed by atoms with E-state index in [0.29, 0.717) is 0 Å². The Morgan fingerprint density at radius 3 is 2.50 bits per heavy atom. The molecule has 0 saturated carbocycles. The number of rotatable bonds is 4. The van der Waals surface area contributed by atoms with Gasteiger partial charge in [0.05, 0.1) is 4.47 Å². The molecular weight excluding hydrogens is 276 g/mol. The minimum absolute atomic E-state index is 0.0818. The van der Waals surface area contributed by atoms with Crippen LogP contribution in [-0.4, -0.2) is 6.54 Å². The summed E-state index contributed by atoms with van der Waals surface area (Å²) in [5.74, 6) is -0.809. The van der Waals surface area contributed by atoms with Crippen molar-refractivity contribution in [1.82, 2.24) is 0 Å². The lowest BCUT2D eigenvalue weighted by Crippen LogP contribution is -2.25. The van der Waals surface area contributed by atoms with Crippen molar-refractivity contribution < 1.29 is 8.78 Å². The van der Waals surface area contributed by atoms with Crippen LogP contribution in [-0.2, 0) is 0 Å². The van der Waals surface area contributed by atoms with E-state index in [4.69, 9.17) is 5.73 Å². The summed E-state index contributed by atoms with van der Waals surface area (Å²) in [7, 11) is 0. The van der Waals surface area contributed by atoms with Gasteiger partial charge in [0, 0.05) is 11.5 Å². The molecule has 1 rings (SSSR count). The Labute approximate surface area is 103 Å². The molecular formula is C12H16BrF2N. The van der Waals surface area contributed by atoms with E-state index in [9.17, 15) is 8.78 Å². The first-order valence-corrected chi connectivity index (χ1v) is 6.06. The second-order valence-electron chi connectivity index (χ2n) is 4.19. The maximum absolute atomic E-state index is 14.2. The van der Waals surface area contributed by atoms with Crippen LogP contribution in [0.1, 0.15) is 25.6 Å². The third-order valence-corrected chi connectivity index (χ3v) is 3.40. The third-order valence-electron chi connectivity index (χ3n) is 2.78. The SMILES string of the molecule is CC(C)C(CN)C(F)c1cccc(Br)c1F. The Morgan fingerprint density at radius 1 is 1.38 bits per heavy atom. The van der Waals surface area contributed by atoms with Gasteiger partial charge in [-0.2, -0.15) is 0 Å². The van der Waals surface area contributed by atoms with Gasteiger partial charge in [-0.1, -0.05) is 26.0 Å². The van der Waals surface area contributed by atoms with Gasteiger partial charge in [-0.05, 0) is 34.5 Å². The Morgan fingerprint density at radius 2 is 2.00 bits per heavy atom. The first-order chi connectivity index (χ1) is 7.49. The van der Waals surface area contributed by atoms with Gasteiger partial charge in [-0.3, -0.25) is 0 Å². The lowest BCUT2D eigenvalue weighted by atomic mass is 9.87. The number of benzene rings is 1. The van der Waals surface area contributed by atoms with Crippen LogP contribution in [0.25, 0.3) is 0 Å².